The van der Waals surface area contributed by atoms with E-state index >= 15 is 0 Å². The fraction of sp³-hybridized carbons (Fsp3) is 0.737. The summed E-state index contributed by atoms with van der Waals surface area (Å²) >= 11 is 0. The lowest BCUT2D eigenvalue weighted by molar-refractivity contribution is 0.127. The molecule has 118 valence electrons. The summed E-state index contributed by atoms with van der Waals surface area (Å²) in [6, 6.07) is 2.12. The monoisotopic (exact) mass is 289 g/mol. The minimum absolute atomic E-state index is 0.404. The van der Waals surface area contributed by atoms with Crippen molar-refractivity contribution in [3.63, 3.8) is 0 Å². The molecule has 1 aromatic rings. The van der Waals surface area contributed by atoms with E-state index in [-0.39, 0.29) is 0 Å². The Labute approximate surface area is 130 Å². The number of nitrogens with zero attached hydrogens (tertiary/aromatic N) is 1. The number of aryl methyl sites for hydroxylation is 2. The van der Waals surface area contributed by atoms with Crippen molar-refractivity contribution < 1.29 is 4.74 Å². The van der Waals surface area contributed by atoms with Gasteiger partial charge in [0, 0.05) is 5.69 Å². The molecule has 1 aliphatic carbocycles. The zero-order chi connectivity index (χ0) is 15.1. The molecule has 1 heterocycles. The Morgan fingerprint density at radius 3 is 2.52 bits per heavy atom. The van der Waals surface area contributed by atoms with Gasteiger partial charge in [-0.1, -0.05) is 39.0 Å². The summed E-state index contributed by atoms with van der Waals surface area (Å²) < 4.78 is 6.12. The molecule has 0 aromatic carbocycles. The van der Waals surface area contributed by atoms with Crippen LogP contribution in [0.4, 0.5) is 0 Å². The minimum atomic E-state index is 0.404. The van der Waals surface area contributed by atoms with Crippen molar-refractivity contribution >= 4 is 0 Å². The molecule has 0 saturated heterocycles. The van der Waals surface area contributed by atoms with Crippen molar-refractivity contribution in [2.24, 2.45) is 5.92 Å². The first-order chi connectivity index (χ1) is 10.2. The van der Waals surface area contributed by atoms with Gasteiger partial charge in [-0.25, -0.2) is 0 Å². The SMILES string of the molecule is CCCCCCC1CCC(Oc2cnc(C)c(C)c2)CC1. The molecule has 21 heavy (non-hydrogen) atoms. The number of rotatable bonds is 7. The van der Waals surface area contributed by atoms with Crippen molar-refractivity contribution in [1.82, 2.24) is 4.98 Å². The Balaban J connectivity index is 1.70. The lowest BCUT2D eigenvalue weighted by atomic mass is 9.84. The van der Waals surface area contributed by atoms with E-state index in [1.165, 1.54) is 63.4 Å². The van der Waals surface area contributed by atoms with Gasteiger partial charge in [0.2, 0.25) is 0 Å². The largest absolute Gasteiger partial charge is 0.489 e. The number of hydrogen-bond donors (Lipinski definition) is 0. The van der Waals surface area contributed by atoms with E-state index in [0.29, 0.717) is 6.10 Å². The van der Waals surface area contributed by atoms with Crippen LogP contribution in [-0.2, 0) is 0 Å². The van der Waals surface area contributed by atoms with Gasteiger partial charge in [0.15, 0.2) is 0 Å². The molecule has 0 aliphatic heterocycles. The maximum absolute atomic E-state index is 6.12. The van der Waals surface area contributed by atoms with Gasteiger partial charge in [-0.3, -0.25) is 4.98 Å². The molecule has 0 atom stereocenters. The number of ether oxygens (including phenoxy) is 1. The van der Waals surface area contributed by atoms with Crippen molar-refractivity contribution in [2.45, 2.75) is 84.7 Å². The number of pyridine rings is 1. The van der Waals surface area contributed by atoms with Crippen LogP contribution in [-0.4, -0.2) is 11.1 Å². The number of unbranched alkanes of at least 4 members (excludes halogenated alkanes) is 3. The third-order valence-corrected chi connectivity index (χ3v) is 4.88. The third-order valence-electron chi connectivity index (χ3n) is 4.88. The van der Waals surface area contributed by atoms with Crippen LogP contribution >= 0.6 is 0 Å². The Morgan fingerprint density at radius 1 is 1.10 bits per heavy atom. The van der Waals surface area contributed by atoms with Gasteiger partial charge in [-0.05, 0) is 57.1 Å². The van der Waals surface area contributed by atoms with E-state index in [0.717, 1.165) is 17.4 Å². The maximum Gasteiger partial charge on any atom is 0.138 e. The zero-order valence-corrected chi connectivity index (χ0v) is 14.0. The van der Waals surface area contributed by atoms with E-state index < -0.39 is 0 Å². The number of hydrogen-bond acceptors (Lipinski definition) is 2. The predicted octanol–water partition coefficient (Wildman–Crippen LogP) is 5.61. The van der Waals surface area contributed by atoms with E-state index in [2.05, 4.69) is 24.9 Å². The molecule has 0 spiro atoms. The fourth-order valence-electron chi connectivity index (χ4n) is 3.27. The lowest BCUT2D eigenvalue weighted by Crippen LogP contribution is -2.24. The molecule has 1 aromatic heterocycles. The van der Waals surface area contributed by atoms with Crippen LogP contribution in [0.15, 0.2) is 12.3 Å². The summed E-state index contributed by atoms with van der Waals surface area (Å²) in [4.78, 5) is 4.39. The van der Waals surface area contributed by atoms with E-state index in [4.69, 9.17) is 4.74 Å². The van der Waals surface area contributed by atoms with E-state index in [1.807, 2.05) is 13.1 Å². The Kier molecular flexibility index (Phi) is 6.53. The maximum atomic E-state index is 6.12. The highest BCUT2D eigenvalue weighted by Gasteiger charge is 2.22. The molecule has 1 fully saturated rings. The molecule has 2 rings (SSSR count). The van der Waals surface area contributed by atoms with E-state index in [1.54, 1.807) is 0 Å². The molecule has 0 radical (unpaired) electrons. The molecule has 1 saturated carbocycles. The highest BCUT2D eigenvalue weighted by Crippen LogP contribution is 2.31. The second-order valence-electron chi connectivity index (χ2n) is 6.68. The lowest BCUT2D eigenvalue weighted by Gasteiger charge is -2.29. The van der Waals surface area contributed by atoms with Crippen LogP contribution < -0.4 is 4.74 Å². The second-order valence-corrected chi connectivity index (χ2v) is 6.68. The summed E-state index contributed by atoms with van der Waals surface area (Å²) in [6.07, 6.45) is 14.4. The summed E-state index contributed by atoms with van der Waals surface area (Å²) in [5.41, 5.74) is 2.32. The minimum Gasteiger partial charge on any atom is -0.489 e. The van der Waals surface area contributed by atoms with Crippen LogP contribution in [0.25, 0.3) is 0 Å². The van der Waals surface area contributed by atoms with Gasteiger partial charge in [0.25, 0.3) is 0 Å². The molecule has 0 N–H and O–H groups in total. The summed E-state index contributed by atoms with van der Waals surface area (Å²) in [6.45, 7) is 6.43. The molecular weight excluding hydrogens is 258 g/mol. The first kappa shape index (κ1) is 16.3. The summed E-state index contributed by atoms with van der Waals surface area (Å²) in [5.74, 6) is 1.89. The molecule has 2 nitrogen and oxygen atoms in total. The highest BCUT2D eigenvalue weighted by atomic mass is 16.5. The van der Waals surface area contributed by atoms with Gasteiger partial charge in [-0.2, -0.15) is 0 Å². The first-order valence-electron chi connectivity index (χ1n) is 8.79. The first-order valence-corrected chi connectivity index (χ1v) is 8.79. The Hall–Kier alpha value is -1.05. The van der Waals surface area contributed by atoms with Crippen molar-refractivity contribution in [2.75, 3.05) is 0 Å². The predicted molar refractivity (Wildman–Crippen MR) is 88.8 cm³/mol. The molecule has 0 unspecified atom stereocenters. The molecule has 1 aliphatic rings. The second kappa shape index (κ2) is 8.41. The van der Waals surface area contributed by atoms with Gasteiger partial charge in [0.1, 0.15) is 5.75 Å². The van der Waals surface area contributed by atoms with Gasteiger partial charge >= 0.3 is 0 Å². The zero-order valence-electron chi connectivity index (χ0n) is 14.0. The summed E-state index contributed by atoms with van der Waals surface area (Å²) in [5, 5.41) is 0. The molecular formula is C19H31NO. The van der Waals surface area contributed by atoms with Gasteiger partial charge in [0.05, 0.1) is 12.3 Å². The van der Waals surface area contributed by atoms with Crippen molar-refractivity contribution in [1.29, 1.82) is 0 Å². The van der Waals surface area contributed by atoms with Crippen molar-refractivity contribution in [3.8, 4) is 5.75 Å². The Bertz CT molecular complexity index is 422. The standard InChI is InChI=1S/C19H31NO/c1-4-5-6-7-8-17-9-11-18(12-10-17)21-19-13-15(2)16(3)20-14-19/h13-14,17-18H,4-12H2,1-3H3. The number of aromatic nitrogens is 1. The molecule has 0 bridgehead atoms. The van der Waals surface area contributed by atoms with Crippen LogP contribution in [0.1, 0.15) is 76.0 Å². The Morgan fingerprint density at radius 2 is 1.86 bits per heavy atom. The fourth-order valence-corrected chi connectivity index (χ4v) is 3.27. The summed E-state index contributed by atoms with van der Waals surface area (Å²) in [7, 11) is 0. The smallest absolute Gasteiger partial charge is 0.138 e. The van der Waals surface area contributed by atoms with Gasteiger partial charge in [-0.15, -0.1) is 0 Å². The average molecular weight is 289 g/mol. The quantitative estimate of drug-likeness (QED) is 0.609. The molecule has 2 heteroatoms. The average Bonchev–Trinajstić information content (AvgIpc) is 2.49. The van der Waals surface area contributed by atoms with Gasteiger partial charge < -0.3 is 4.74 Å². The van der Waals surface area contributed by atoms with Crippen LogP contribution in [0.2, 0.25) is 0 Å². The normalized spacial score (nSPS) is 22.2. The highest BCUT2D eigenvalue weighted by molar-refractivity contribution is 5.27. The van der Waals surface area contributed by atoms with E-state index in [9.17, 15) is 0 Å². The van der Waals surface area contributed by atoms with Crippen molar-refractivity contribution in [3.05, 3.63) is 23.5 Å². The van der Waals surface area contributed by atoms with Crippen LogP contribution in [0.3, 0.4) is 0 Å². The topological polar surface area (TPSA) is 22.1 Å². The third kappa shape index (κ3) is 5.33. The van der Waals surface area contributed by atoms with Crippen LogP contribution in [0.5, 0.6) is 5.75 Å². The molecule has 0 amide bonds. The van der Waals surface area contributed by atoms with Crippen LogP contribution in [0, 0.1) is 19.8 Å².